The van der Waals surface area contributed by atoms with E-state index in [1.165, 1.54) is 0 Å². The maximum Gasteiger partial charge on any atom is 0.265 e. The number of ether oxygens (including phenoxy) is 1. The van der Waals surface area contributed by atoms with Gasteiger partial charge in [0.15, 0.2) is 6.10 Å². The van der Waals surface area contributed by atoms with Crippen molar-refractivity contribution in [1.29, 1.82) is 0 Å². The van der Waals surface area contributed by atoms with Crippen molar-refractivity contribution < 1.29 is 9.53 Å². The van der Waals surface area contributed by atoms with Crippen LogP contribution in [-0.4, -0.2) is 18.3 Å². The SMILES string of the molecule is CSc1cccc(NC(=O)[C@H](C)Oc2ccc(Cl)cc2C)c1. The highest BCUT2D eigenvalue weighted by atomic mass is 35.5. The van der Waals surface area contributed by atoms with Gasteiger partial charge in [-0.2, -0.15) is 0 Å². The lowest BCUT2D eigenvalue weighted by molar-refractivity contribution is -0.122. The van der Waals surface area contributed by atoms with Crippen LogP contribution in [0.3, 0.4) is 0 Å². The van der Waals surface area contributed by atoms with Crippen molar-refractivity contribution in [3.05, 3.63) is 53.1 Å². The molecular formula is C17H18ClNO2S. The van der Waals surface area contributed by atoms with Crippen LogP contribution in [0.1, 0.15) is 12.5 Å². The Hall–Kier alpha value is -1.65. The number of nitrogens with one attached hydrogen (secondary N) is 1. The summed E-state index contributed by atoms with van der Waals surface area (Å²) in [4.78, 5) is 13.3. The fraction of sp³-hybridized carbons (Fsp3) is 0.235. The zero-order chi connectivity index (χ0) is 16.1. The molecule has 0 saturated carbocycles. The lowest BCUT2D eigenvalue weighted by Crippen LogP contribution is -2.30. The first-order valence-corrected chi connectivity index (χ1v) is 8.47. The molecule has 1 atom stereocenters. The lowest BCUT2D eigenvalue weighted by atomic mass is 10.2. The van der Waals surface area contributed by atoms with E-state index in [1.807, 2.05) is 43.5 Å². The zero-order valence-electron chi connectivity index (χ0n) is 12.7. The van der Waals surface area contributed by atoms with Crippen LogP contribution in [0.5, 0.6) is 5.75 Å². The van der Waals surface area contributed by atoms with Crippen molar-refractivity contribution in [3.63, 3.8) is 0 Å². The number of carbonyl (C=O) groups is 1. The molecule has 0 aromatic heterocycles. The summed E-state index contributed by atoms with van der Waals surface area (Å²) in [7, 11) is 0. The number of carbonyl (C=O) groups excluding carboxylic acids is 1. The van der Waals surface area contributed by atoms with E-state index in [2.05, 4.69) is 5.32 Å². The van der Waals surface area contributed by atoms with Gasteiger partial charge in [-0.1, -0.05) is 17.7 Å². The van der Waals surface area contributed by atoms with Crippen molar-refractivity contribution in [2.75, 3.05) is 11.6 Å². The van der Waals surface area contributed by atoms with E-state index in [1.54, 1.807) is 30.8 Å². The molecule has 5 heteroatoms. The van der Waals surface area contributed by atoms with Crippen LogP contribution in [0.4, 0.5) is 5.69 Å². The second kappa shape index (κ2) is 7.56. The van der Waals surface area contributed by atoms with E-state index in [4.69, 9.17) is 16.3 Å². The number of benzene rings is 2. The van der Waals surface area contributed by atoms with Gasteiger partial charge >= 0.3 is 0 Å². The number of thioether (sulfide) groups is 1. The van der Waals surface area contributed by atoms with E-state index >= 15 is 0 Å². The molecule has 0 fully saturated rings. The standard InChI is InChI=1S/C17H18ClNO2S/c1-11-9-13(18)7-8-16(11)21-12(2)17(20)19-14-5-4-6-15(10-14)22-3/h4-10,12H,1-3H3,(H,19,20)/t12-/m0/s1. The molecule has 0 aliphatic carbocycles. The first-order valence-electron chi connectivity index (χ1n) is 6.87. The Morgan fingerprint density at radius 3 is 2.73 bits per heavy atom. The Morgan fingerprint density at radius 1 is 1.27 bits per heavy atom. The molecule has 1 N–H and O–H groups in total. The summed E-state index contributed by atoms with van der Waals surface area (Å²) in [5, 5.41) is 3.51. The summed E-state index contributed by atoms with van der Waals surface area (Å²) in [5.74, 6) is 0.470. The third-order valence-corrected chi connectivity index (χ3v) is 4.11. The summed E-state index contributed by atoms with van der Waals surface area (Å²) in [6.07, 6.45) is 1.40. The van der Waals surface area contributed by atoms with Gasteiger partial charge in [-0.25, -0.2) is 0 Å². The van der Waals surface area contributed by atoms with Gasteiger partial charge in [0.05, 0.1) is 0 Å². The Morgan fingerprint density at radius 2 is 2.05 bits per heavy atom. The van der Waals surface area contributed by atoms with Crippen molar-refractivity contribution in [1.82, 2.24) is 0 Å². The molecule has 2 aromatic rings. The Labute approximate surface area is 140 Å². The molecule has 0 radical (unpaired) electrons. The summed E-state index contributed by atoms with van der Waals surface area (Å²) in [5.41, 5.74) is 1.66. The molecule has 0 aliphatic rings. The van der Waals surface area contributed by atoms with Crippen LogP contribution >= 0.6 is 23.4 Å². The molecule has 2 aromatic carbocycles. The van der Waals surface area contributed by atoms with Gasteiger partial charge in [-0.3, -0.25) is 4.79 Å². The molecule has 0 spiro atoms. The third kappa shape index (κ3) is 4.42. The van der Waals surface area contributed by atoms with Gasteiger partial charge in [-0.05, 0) is 62.1 Å². The molecule has 22 heavy (non-hydrogen) atoms. The van der Waals surface area contributed by atoms with E-state index in [0.29, 0.717) is 10.8 Å². The Balaban J connectivity index is 2.02. The first kappa shape index (κ1) is 16.7. The number of rotatable bonds is 5. The lowest BCUT2D eigenvalue weighted by Gasteiger charge is -2.16. The van der Waals surface area contributed by atoms with Crippen LogP contribution < -0.4 is 10.1 Å². The molecule has 0 saturated heterocycles. The minimum atomic E-state index is -0.599. The Bertz CT molecular complexity index is 675. The number of hydrogen-bond donors (Lipinski definition) is 1. The van der Waals surface area contributed by atoms with Crippen molar-refractivity contribution in [2.24, 2.45) is 0 Å². The summed E-state index contributed by atoms with van der Waals surface area (Å²) in [6, 6.07) is 13.0. The third-order valence-electron chi connectivity index (χ3n) is 3.15. The molecule has 0 unspecified atom stereocenters. The maximum atomic E-state index is 12.2. The smallest absolute Gasteiger partial charge is 0.265 e. The molecule has 0 bridgehead atoms. The minimum absolute atomic E-state index is 0.187. The van der Waals surface area contributed by atoms with Gasteiger partial charge in [0.25, 0.3) is 5.91 Å². The zero-order valence-corrected chi connectivity index (χ0v) is 14.3. The normalized spacial score (nSPS) is 11.8. The van der Waals surface area contributed by atoms with Crippen LogP contribution in [0.2, 0.25) is 5.02 Å². The monoisotopic (exact) mass is 335 g/mol. The quantitative estimate of drug-likeness (QED) is 0.799. The van der Waals surface area contributed by atoms with Gasteiger partial charge in [0.1, 0.15) is 5.75 Å². The fourth-order valence-electron chi connectivity index (χ4n) is 1.93. The van der Waals surface area contributed by atoms with Crippen molar-refractivity contribution >= 4 is 35.0 Å². The number of anilines is 1. The predicted octanol–water partition coefficient (Wildman–Crippen LogP) is 4.78. The maximum absolute atomic E-state index is 12.2. The van der Waals surface area contributed by atoms with Crippen LogP contribution in [0.25, 0.3) is 0 Å². The average molecular weight is 336 g/mol. The average Bonchev–Trinajstić information content (AvgIpc) is 2.50. The van der Waals surface area contributed by atoms with E-state index in [9.17, 15) is 4.79 Å². The van der Waals surface area contributed by atoms with Crippen LogP contribution in [0.15, 0.2) is 47.4 Å². The largest absolute Gasteiger partial charge is 0.481 e. The Kier molecular flexibility index (Phi) is 5.75. The highest BCUT2D eigenvalue weighted by Crippen LogP contribution is 2.23. The first-order chi connectivity index (χ1) is 10.5. The highest BCUT2D eigenvalue weighted by Gasteiger charge is 2.16. The number of amides is 1. The molecule has 116 valence electrons. The number of aryl methyl sites for hydroxylation is 1. The molecule has 0 aliphatic heterocycles. The topological polar surface area (TPSA) is 38.3 Å². The van der Waals surface area contributed by atoms with E-state index in [0.717, 1.165) is 16.1 Å². The second-order valence-corrected chi connectivity index (χ2v) is 6.21. The summed E-state index contributed by atoms with van der Waals surface area (Å²) in [6.45, 7) is 3.62. The minimum Gasteiger partial charge on any atom is -0.481 e. The molecule has 3 nitrogen and oxygen atoms in total. The van der Waals surface area contributed by atoms with Gasteiger partial charge in [-0.15, -0.1) is 11.8 Å². The fourth-order valence-corrected chi connectivity index (χ4v) is 2.62. The molecule has 2 rings (SSSR count). The summed E-state index contributed by atoms with van der Waals surface area (Å²) < 4.78 is 5.71. The van der Waals surface area contributed by atoms with Crippen molar-refractivity contribution in [3.8, 4) is 5.75 Å². The summed E-state index contributed by atoms with van der Waals surface area (Å²) >= 11 is 7.54. The second-order valence-electron chi connectivity index (χ2n) is 4.89. The molecule has 0 heterocycles. The van der Waals surface area contributed by atoms with E-state index < -0.39 is 6.10 Å². The van der Waals surface area contributed by atoms with Crippen LogP contribution in [0, 0.1) is 6.92 Å². The van der Waals surface area contributed by atoms with Crippen molar-refractivity contribution in [2.45, 2.75) is 24.8 Å². The van der Waals surface area contributed by atoms with Gasteiger partial charge in [0.2, 0.25) is 0 Å². The van der Waals surface area contributed by atoms with Crippen LogP contribution in [-0.2, 0) is 4.79 Å². The number of halogens is 1. The molecule has 1 amide bonds. The van der Waals surface area contributed by atoms with Gasteiger partial charge < -0.3 is 10.1 Å². The van der Waals surface area contributed by atoms with Gasteiger partial charge in [0, 0.05) is 15.6 Å². The highest BCUT2D eigenvalue weighted by molar-refractivity contribution is 7.98. The predicted molar refractivity (Wildman–Crippen MR) is 93.1 cm³/mol. The van der Waals surface area contributed by atoms with E-state index in [-0.39, 0.29) is 5.91 Å². The number of hydrogen-bond acceptors (Lipinski definition) is 3. The molecular weight excluding hydrogens is 318 g/mol.